The second-order valence-electron chi connectivity index (χ2n) is 9.06. The van der Waals surface area contributed by atoms with E-state index >= 15 is 0 Å². The number of anilines is 2. The van der Waals surface area contributed by atoms with Crippen LogP contribution >= 0.6 is 0 Å². The van der Waals surface area contributed by atoms with Gasteiger partial charge in [0, 0.05) is 45.0 Å². The zero-order chi connectivity index (χ0) is 22.8. The summed E-state index contributed by atoms with van der Waals surface area (Å²) in [5.74, 6) is 2.03. The van der Waals surface area contributed by atoms with Gasteiger partial charge in [-0.05, 0) is 51.2 Å². The lowest BCUT2D eigenvalue weighted by molar-refractivity contribution is 0.126. The number of hydrogen-bond acceptors (Lipinski definition) is 6. The van der Waals surface area contributed by atoms with Crippen LogP contribution in [0.1, 0.15) is 44.2 Å². The third kappa shape index (κ3) is 4.49. The smallest absolute Gasteiger partial charge is 0.167 e. The van der Waals surface area contributed by atoms with Crippen molar-refractivity contribution >= 4 is 22.5 Å². The molecule has 33 heavy (non-hydrogen) atoms. The summed E-state index contributed by atoms with van der Waals surface area (Å²) in [5.41, 5.74) is 1.75. The number of piperazine rings is 1. The minimum atomic E-state index is -0.248. The Balaban J connectivity index is 1.37. The van der Waals surface area contributed by atoms with Crippen molar-refractivity contribution in [3.05, 3.63) is 41.8 Å². The highest BCUT2D eigenvalue weighted by Crippen LogP contribution is 2.36. The predicted molar refractivity (Wildman–Crippen MR) is 130 cm³/mol. The molecule has 3 aromatic rings. The molecule has 2 aliphatic rings. The van der Waals surface area contributed by atoms with Crippen LogP contribution in [0.2, 0.25) is 0 Å². The van der Waals surface area contributed by atoms with Gasteiger partial charge in [0.2, 0.25) is 0 Å². The Morgan fingerprint density at radius 2 is 1.97 bits per heavy atom. The molecular weight excluding hydrogens is 419 g/mol. The fourth-order valence-corrected chi connectivity index (χ4v) is 4.98. The average molecular weight is 453 g/mol. The average Bonchev–Trinajstić information content (AvgIpc) is 3.22. The molecule has 0 amide bonds. The Bertz CT molecular complexity index is 1100. The van der Waals surface area contributed by atoms with E-state index in [2.05, 4.69) is 38.2 Å². The number of ether oxygens (including phenoxy) is 1. The molecule has 1 aliphatic carbocycles. The van der Waals surface area contributed by atoms with Crippen LogP contribution in [0.25, 0.3) is 10.9 Å². The van der Waals surface area contributed by atoms with E-state index in [1.165, 1.54) is 0 Å². The van der Waals surface area contributed by atoms with Crippen molar-refractivity contribution in [1.82, 2.24) is 20.1 Å². The first-order valence-electron chi connectivity index (χ1n) is 12.1. The lowest BCUT2D eigenvalue weighted by Gasteiger charge is -2.30. The van der Waals surface area contributed by atoms with Gasteiger partial charge < -0.3 is 20.3 Å². The Kier molecular flexibility index (Phi) is 6.35. The van der Waals surface area contributed by atoms with Gasteiger partial charge >= 0.3 is 0 Å². The molecule has 0 radical (unpaired) electrons. The van der Waals surface area contributed by atoms with E-state index in [4.69, 9.17) is 9.84 Å². The molecule has 1 saturated carbocycles. The van der Waals surface area contributed by atoms with Crippen LogP contribution < -0.4 is 20.3 Å². The topological polar surface area (TPSA) is 67.2 Å². The standard InChI is InChI=1S/C25H33FN6O/c1-3-28-23-15-21-20(16-29-23)25(31-13-11-27-12-14-31)30-32(21)18-7-9-19(10-8-18)33-22-6-4-5-17(2)24(22)26/h4-6,15-16,18-19,27H,3,7-14H2,1-2H3,(H,28,29). The van der Waals surface area contributed by atoms with E-state index < -0.39 is 0 Å². The van der Waals surface area contributed by atoms with E-state index in [0.29, 0.717) is 17.4 Å². The molecule has 1 aromatic carbocycles. The zero-order valence-electron chi connectivity index (χ0n) is 19.5. The highest BCUT2D eigenvalue weighted by molar-refractivity contribution is 5.91. The summed E-state index contributed by atoms with van der Waals surface area (Å²) in [6, 6.07) is 7.77. The van der Waals surface area contributed by atoms with Crippen molar-refractivity contribution in [3.8, 4) is 5.75 Å². The van der Waals surface area contributed by atoms with Gasteiger partial charge in [-0.1, -0.05) is 12.1 Å². The molecule has 0 bridgehead atoms. The summed E-state index contributed by atoms with van der Waals surface area (Å²) < 4.78 is 22.7. The van der Waals surface area contributed by atoms with Crippen LogP contribution in [-0.4, -0.2) is 53.6 Å². The van der Waals surface area contributed by atoms with Crippen LogP contribution in [-0.2, 0) is 0 Å². The van der Waals surface area contributed by atoms with E-state index in [1.54, 1.807) is 19.1 Å². The molecule has 0 spiro atoms. The second-order valence-corrected chi connectivity index (χ2v) is 9.06. The monoisotopic (exact) mass is 452 g/mol. The molecule has 3 heterocycles. The largest absolute Gasteiger partial charge is 0.487 e. The molecule has 2 aromatic heterocycles. The Labute approximate surface area is 194 Å². The summed E-state index contributed by atoms with van der Waals surface area (Å²) in [4.78, 5) is 6.98. The summed E-state index contributed by atoms with van der Waals surface area (Å²) >= 11 is 0. The summed E-state index contributed by atoms with van der Waals surface area (Å²) in [6.07, 6.45) is 5.67. The zero-order valence-corrected chi connectivity index (χ0v) is 19.5. The van der Waals surface area contributed by atoms with Crippen molar-refractivity contribution in [2.45, 2.75) is 51.7 Å². The highest BCUT2D eigenvalue weighted by atomic mass is 19.1. The van der Waals surface area contributed by atoms with Crippen molar-refractivity contribution in [2.24, 2.45) is 0 Å². The van der Waals surface area contributed by atoms with Gasteiger partial charge in [-0.15, -0.1) is 0 Å². The fourth-order valence-electron chi connectivity index (χ4n) is 4.98. The van der Waals surface area contributed by atoms with Crippen molar-refractivity contribution < 1.29 is 9.13 Å². The molecule has 1 saturated heterocycles. The Morgan fingerprint density at radius 3 is 2.73 bits per heavy atom. The van der Waals surface area contributed by atoms with Crippen molar-refractivity contribution in [2.75, 3.05) is 42.9 Å². The van der Waals surface area contributed by atoms with Gasteiger partial charge in [-0.3, -0.25) is 4.68 Å². The number of fused-ring (bicyclic) bond motifs is 1. The maximum atomic E-state index is 14.4. The van der Waals surface area contributed by atoms with Gasteiger partial charge in [0.15, 0.2) is 17.4 Å². The predicted octanol–water partition coefficient (Wildman–Crippen LogP) is 4.28. The number of rotatable bonds is 6. The van der Waals surface area contributed by atoms with Gasteiger partial charge in [0.25, 0.3) is 0 Å². The molecule has 7 nitrogen and oxygen atoms in total. The normalized spacial score (nSPS) is 21.4. The SMILES string of the molecule is CCNc1cc2c(cn1)c(N1CCNCC1)nn2C1CCC(Oc2cccc(C)c2F)CC1. The molecule has 2 fully saturated rings. The Morgan fingerprint density at radius 1 is 1.18 bits per heavy atom. The number of nitrogens with one attached hydrogen (secondary N) is 2. The molecule has 2 N–H and O–H groups in total. The second kappa shape index (κ2) is 9.55. The quantitative estimate of drug-likeness (QED) is 0.582. The number of aryl methyl sites for hydroxylation is 1. The molecule has 8 heteroatoms. The van der Waals surface area contributed by atoms with E-state index in [-0.39, 0.29) is 11.9 Å². The van der Waals surface area contributed by atoms with Gasteiger partial charge in [-0.25, -0.2) is 9.37 Å². The van der Waals surface area contributed by atoms with Crippen molar-refractivity contribution in [1.29, 1.82) is 0 Å². The minimum absolute atomic E-state index is 0.0333. The number of benzene rings is 1. The maximum Gasteiger partial charge on any atom is 0.167 e. The molecule has 5 rings (SSSR count). The Hall–Kier alpha value is -2.87. The molecular formula is C25H33FN6O. The molecule has 0 atom stereocenters. The number of pyridine rings is 1. The van der Waals surface area contributed by atoms with Crippen LogP contribution in [0.3, 0.4) is 0 Å². The molecule has 1 aliphatic heterocycles. The van der Waals surface area contributed by atoms with E-state index in [9.17, 15) is 4.39 Å². The van der Waals surface area contributed by atoms with Gasteiger partial charge in [0.05, 0.1) is 23.0 Å². The van der Waals surface area contributed by atoms with E-state index in [0.717, 1.165) is 80.9 Å². The summed E-state index contributed by atoms with van der Waals surface area (Å²) in [5, 5.41) is 13.0. The molecule has 176 valence electrons. The number of nitrogens with zero attached hydrogens (tertiary/aromatic N) is 4. The lowest BCUT2D eigenvalue weighted by atomic mass is 9.93. The van der Waals surface area contributed by atoms with Gasteiger partial charge in [-0.2, -0.15) is 5.10 Å². The number of halogens is 1. The number of aromatic nitrogens is 3. The van der Waals surface area contributed by atoms with Crippen molar-refractivity contribution in [3.63, 3.8) is 0 Å². The third-order valence-electron chi connectivity index (χ3n) is 6.79. The lowest BCUT2D eigenvalue weighted by Crippen LogP contribution is -2.43. The summed E-state index contributed by atoms with van der Waals surface area (Å²) in [6.45, 7) is 8.51. The highest BCUT2D eigenvalue weighted by Gasteiger charge is 2.28. The van der Waals surface area contributed by atoms with E-state index in [1.807, 2.05) is 12.3 Å². The first kappa shape index (κ1) is 21.9. The number of hydrogen-bond donors (Lipinski definition) is 2. The first-order chi connectivity index (χ1) is 16.1. The fraction of sp³-hybridized carbons (Fsp3) is 0.520. The van der Waals surface area contributed by atoms with Gasteiger partial charge in [0.1, 0.15) is 5.82 Å². The van der Waals surface area contributed by atoms with Crippen LogP contribution in [0.4, 0.5) is 16.0 Å². The van der Waals surface area contributed by atoms with Crippen LogP contribution in [0, 0.1) is 12.7 Å². The third-order valence-corrected chi connectivity index (χ3v) is 6.79. The summed E-state index contributed by atoms with van der Waals surface area (Å²) in [7, 11) is 0. The minimum Gasteiger partial charge on any atom is -0.487 e. The van der Waals surface area contributed by atoms with Crippen LogP contribution in [0.5, 0.6) is 5.75 Å². The maximum absolute atomic E-state index is 14.4. The molecule has 0 unspecified atom stereocenters. The first-order valence-corrected chi connectivity index (χ1v) is 12.1. The van der Waals surface area contributed by atoms with Crippen LogP contribution in [0.15, 0.2) is 30.5 Å².